The third-order valence-electron chi connectivity index (χ3n) is 6.41. The molecule has 4 rings (SSSR count). The summed E-state index contributed by atoms with van der Waals surface area (Å²) in [5.74, 6) is -0.329. The Labute approximate surface area is 198 Å². The summed E-state index contributed by atoms with van der Waals surface area (Å²) in [6.07, 6.45) is 3.65. The van der Waals surface area contributed by atoms with Crippen molar-refractivity contribution in [1.82, 2.24) is 10.0 Å². The number of aromatic nitrogens is 1. The van der Waals surface area contributed by atoms with Crippen LogP contribution in [0.3, 0.4) is 0 Å². The zero-order chi connectivity index (χ0) is 24.6. The van der Waals surface area contributed by atoms with Crippen molar-refractivity contribution in [1.29, 1.82) is 0 Å². The van der Waals surface area contributed by atoms with E-state index in [0.29, 0.717) is 15.7 Å². The molecule has 8 nitrogen and oxygen atoms in total. The molecular weight excluding hydrogens is 456 g/mol. The van der Waals surface area contributed by atoms with E-state index in [4.69, 9.17) is 4.28 Å². The van der Waals surface area contributed by atoms with Crippen LogP contribution in [0.2, 0.25) is 0 Å². The summed E-state index contributed by atoms with van der Waals surface area (Å²) >= 11 is 0. The van der Waals surface area contributed by atoms with Gasteiger partial charge in [-0.15, -0.1) is 4.73 Å². The van der Waals surface area contributed by atoms with Gasteiger partial charge in [-0.1, -0.05) is 32.0 Å². The number of aliphatic hydroxyl groups is 1. The Kier molecular flexibility index (Phi) is 6.71. The number of benzene rings is 2. The molecule has 3 N–H and O–H groups in total. The van der Waals surface area contributed by atoms with Gasteiger partial charge in [0.15, 0.2) is 0 Å². The molecule has 1 atom stereocenters. The molecule has 0 aliphatic heterocycles. The Morgan fingerprint density at radius 3 is 2.26 bits per heavy atom. The van der Waals surface area contributed by atoms with Crippen LogP contribution in [0.1, 0.15) is 47.8 Å². The fraction of sp³-hybridized carbons (Fsp3) is 0.400. The van der Waals surface area contributed by atoms with E-state index in [-0.39, 0.29) is 23.9 Å². The number of aromatic hydroxyl groups is 1. The lowest BCUT2D eigenvalue weighted by molar-refractivity contribution is 0.171. The molecule has 1 aliphatic rings. The molecule has 3 aromatic rings. The minimum atomic E-state index is -4.02. The number of hydrogen-bond donors (Lipinski definition) is 3. The van der Waals surface area contributed by atoms with Gasteiger partial charge in [0.2, 0.25) is 0 Å². The maximum absolute atomic E-state index is 12.2. The van der Waals surface area contributed by atoms with Crippen molar-refractivity contribution in [2.75, 3.05) is 12.8 Å². The number of nitrogens with zero attached hydrogens (tertiary/aromatic N) is 1. The van der Waals surface area contributed by atoms with Crippen molar-refractivity contribution in [2.24, 2.45) is 0 Å². The molecule has 2 aromatic carbocycles. The fourth-order valence-corrected chi connectivity index (χ4v) is 5.22. The Morgan fingerprint density at radius 2 is 1.71 bits per heavy atom. The van der Waals surface area contributed by atoms with Gasteiger partial charge in [-0.2, -0.15) is 8.42 Å². The van der Waals surface area contributed by atoms with Gasteiger partial charge in [0, 0.05) is 24.0 Å². The first-order valence-electron chi connectivity index (χ1n) is 11.4. The summed E-state index contributed by atoms with van der Waals surface area (Å²) in [4.78, 5) is 12.2. The van der Waals surface area contributed by atoms with Crippen molar-refractivity contribution in [3.63, 3.8) is 0 Å². The van der Waals surface area contributed by atoms with E-state index in [0.717, 1.165) is 38.0 Å². The van der Waals surface area contributed by atoms with Crippen molar-refractivity contribution in [3.8, 4) is 5.75 Å². The lowest BCUT2D eigenvalue weighted by Crippen LogP contribution is -2.33. The van der Waals surface area contributed by atoms with Crippen molar-refractivity contribution >= 4 is 21.0 Å². The van der Waals surface area contributed by atoms with Crippen LogP contribution >= 0.6 is 0 Å². The van der Waals surface area contributed by atoms with Gasteiger partial charge in [0.1, 0.15) is 11.3 Å². The van der Waals surface area contributed by atoms with E-state index in [9.17, 15) is 23.4 Å². The Hall–Kier alpha value is -2.88. The first-order valence-corrected chi connectivity index (χ1v) is 13.3. The summed E-state index contributed by atoms with van der Waals surface area (Å²) < 4.78 is 28.6. The van der Waals surface area contributed by atoms with Crippen molar-refractivity contribution in [2.45, 2.75) is 51.7 Å². The standard InChI is InChI=1S/C25H30N2O6S/c1-4-15-10-17-12-19(13-18(17)11-16(15)5-2)26-14-23(29)20-6-8-22(28)25-21(20)7-9-24(30)27(25)33-34(3,31)32/h6-11,19,23,26,28-29H,4-5,12-14H2,1-3H3/t23-/m0/s1. The quantitative estimate of drug-likeness (QED) is 0.446. The number of rotatable bonds is 8. The average Bonchev–Trinajstić information content (AvgIpc) is 3.19. The van der Waals surface area contributed by atoms with Crippen LogP contribution < -0.4 is 15.2 Å². The van der Waals surface area contributed by atoms with Gasteiger partial charge >= 0.3 is 10.1 Å². The van der Waals surface area contributed by atoms with E-state index in [2.05, 4.69) is 31.3 Å². The fourth-order valence-electron chi connectivity index (χ4n) is 4.80. The summed E-state index contributed by atoms with van der Waals surface area (Å²) in [5, 5.41) is 25.1. The number of fused-ring (bicyclic) bond motifs is 2. The maximum Gasteiger partial charge on any atom is 0.324 e. The number of phenolic OH excluding ortho intramolecular Hbond substituents is 1. The third-order valence-corrected chi connectivity index (χ3v) is 6.83. The largest absolute Gasteiger partial charge is 0.506 e. The predicted molar refractivity (Wildman–Crippen MR) is 131 cm³/mol. The van der Waals surface area contributed by atoms with Crippen LogP contribution in [0.4, 0.5) is 0 Å². The highest BCUT2D eigenvalue weighted by Crippen LogP contribution is 2.31. The maximum atomic E-state index is 12.2. The zero-order valence-electron chi connectivity index (χ0n) is 19.5. The number of pyridine rings is 1. The van der Waals surface area contributed by atoms with E-state index in [1.54, 1.807) is 6.07 Å². The van der Waals surface area contributed by atoms with Crippen LogP contribution in [0, 0.1) is 0 Å². The lowest BCUT2D eigenvalue weighted by Gasteiger charge is -2.19. The molecule has 0 saturated heterocycles. The topological polar surface area (TPSA) is 118 Å². The van der Waals surface area contributed by atoms with Crippen LogP contribution in [0.5, 0.6) is 5.75 Å². The summed E-state index contributed by atoms with van der Waals surface area (Å²) in [5.41, 5.74) is 5.06. The number of nitrogens with one attached hydrogen (secondary N) is 1. The number of aryl methyl sites for hydroxylation is 2. The second kappa shape index (κ2) is 9.40. The number of hydrogen-bond acceptors (Lipinski definition) is 7. The van der Waals surface area contributed by atoms with E-state index < -0.39 is 21.8 Å². The Morgan fingerprint density at radius 1 is 1.09 bits per heavy atom. The molecule has 0 spiro atoms. The summed E-state index contributed by atoms with van der Waals surface area (Å²) in [6.45, 7) is 4.60. The van der Waals surface area contributed by atoms with Crippen molar-refractivity contribution < 1.29 is 22.9 Å². The molecule has 182 valence electrons. The molecule has 1 aliphatic carbocycles. The van der Waals surface area contributed by atoms with E-state index in [1.807, 2.05) is 0 Å². The molecule has 0 amide bonds. The number of phenols is 1. The van der Waals surface area contributed by atoms with Gasteiger partial charge in [0.05, 0.1) is 12.4 Å². The van der Waals surface area contributed by atoms with E-state index in [1.165, 1.54) is 34.4 Å². The molecule has 0 bridgehead atoms. The molecule has 0 unspecified atom stereocenters. The Bertz CT molecular complexity index is 1360. The van der Waals surface area contributed by atoms with Gasteiger partial charge in [-0.05, 0) is 65.6 Å². The zero-order valence-corrected chi connectivity index (χ0v) is 20.4. The second-order valence-corrected chi connectivity index (χ2v) is 10.4. The molecule has 1 heterocycles. The SMILES string of the molecule is CCc1cc2c(cc1CC)CC(NC[C@H](O)c1ccc(O)c3c1ccc(=O)n3OS(C)(=O)=O)C2. The minimum absolute atomic E-state index is 0.109. The van der Waals surface area contributed by atoms with E-state index >= 15 is 0 Å². The Balaban J connectivity index is 1.56. The van der Waals surface area contributed by atoms with Gasteiger partial charge in [-0.25, -0.2) is 0 Å². The molecule has 0 saturated carbocycles. The molecule has 0 fully saturated rings. The van der Waals surface area contributed by atoms with Crippen molar-refractivity contribution in [3.05, 3.63) is 74.6 Å². The predicted octanol–water partition coefficient (Wildman–Crippen LogP) is 2.01. The average molecular weight is 487 g/mol. The normalized spacial score (nSPS) is 14.9. The number of aliphatic hydroxyl groups excluding tert-OH is 1. The first-order chi connectivity index (χ1) is 16.1. The van der Waals surface area contributed by atoms with Gasteiger partial charge < -0.3 is 15.5 Å². The minimum Gasteiger partial charge on any atom is -0.506 e. The third kappa shape index (κ3) is 4.82. The highest BCUT2D eigenvalue weighted by Gasteiger charge is 2.24. The monoisotopic (exact) mass is 486 g/mol. The smallest absolute Gasteiger partial charge is 0.324 e. The van der Waals surface area contributed by atoms with Crippen LogP contribution in [-0.2, 0) is 35.8 Å². The first kappa shape index (κ1) is 24.3. The molecule has 0 radical (unpaired) electrons. The molecule has 9 heteroatoms. The molecule has 1 aromatic heterocycles. The van der Waals surface area contributed by atoms with Crippen LogP contribution in [-0.4, -0.2) is 42.2 Å². The van der Waals surface area contributed by atoms with Gasteiger partial charge in [-0.3, -0.25) is 9.08 Å². The molecular formula is C25H30N2O6S. The highest BCUT2D eigenvalue weighted by molar-refractivity contribution is 7.86. The molecule has 34 heavy (non-hydrogen) atoms. The van der Waals surface area contributed by atoms with Crippen LogP contribution in [0.15, 0.2) is 41.2 Å². The van der Waals surface area contributed by atoms with Gasteiger partial charge in [0.25, 0.3) is 5.56 Å². The highest BCUT2D eigenvalue weighted by atomic mass is 32.2. The summed E-state index contributed by atoms with van der Waals surface area (Å²) in [7, 11) is -4.02. The van der Waals surface area contributed by atoms with Crippen LogP contribution in [0.25, 0.3) is 10.9 Å². The summed E-state index contributed by atoms with van der Waals surface area (Å²) in [6, 6.07) is 10.3. The second-order valence-electron chi connectivity index (χ2n) is 8.81. The lowest BCUT2D eigenvalue weighted by atomic mass is 9.97.